The third-order valence-electron chi connectivity index (χ3n) is 3.27. The van der Waals surface area contributed by atoms with E-state index in [9.17, 15) is 9.90 Å². The number of nitrogens with one attached hydrogen (secondary N) is 1. The highest BCUT2D eigenvalue weighted by molar-refractivity contribution is 5.78. The smallest absolute Gasteiger partial charge is 0.223 e. The SMILES string of the molecule is Cc1ccc(/C=C/CC(=O)NCC(O)c2ccncc2)cc1. The number of benzene rings is 1. The molecule has 0 spiro atoms. The van der Waals surface area contributed by atoms with E-state index in [1.165, 1.54) is 5.56 Å². The van der Waals surface area contributed by atoms with E-state index in [1.54, 1.807) is 24.5 Å². The van der Waals surface area contributed by atoms with Crippen molar-refractivity contribution in [1.29, 1.82) is 0 Å². The van der Waals surface area contributed by atoms with Crippen molar-refractivity contribution in [2.24, 2.45) is 0 Å². The van der Waals surface area contributed by atoms with Gasteiger partial charge in [0, 0.05) is 25.4 Å². The highest BCUT2D eigenvalue weighted by atomic mass is 16.3. The molecule has 2 N–H and O–H groups in total. The van der Waals surface area contributed by atoms with Crippen LogP contribution in [0.5, 0.6) is 0 Å². The molecule has 1 heterocycles. The third-order valence-corrected chi connectivity index (χ3v) is 3.27. The van der Waals surface area contributed by atoms with Gasteiger partial charge in [-0.05, 0) is 30.2 Å². The van der Waals surface area contributed by atoms with Gasteiger partial charge in [0.1, 0.15) is 0 Å². The van der Waals surface area contributed by atoms with Gasteiger partial charge in [0.2, 0.25) is 5.91 Å². The topological polar surface area (TPSA) is 62.2 Å². The van der Waals surface area contributed by atoms with Gasteiger partial charge in [0.25, 0.3) is 0 Å². The summed E-state index contributed by atoms with van der Waals surface area (Å²) in [5.41, 5.74) is 3.01. The Balaban J connectivity index is 1.75. The van der Waals surface area contributed by atoms with Crippen LogP contribution in [0.2, 0.25) is 0 Å². The van der Waals surface area contributed by atoms with Gasteiger partial charge < -0.3 is 10.4 Å². The second kappa shape index (κ2) is 8.10. The van der Waals surface area contributed by atoms with E-state index >= 15 is 0 Å². The van der Waals surface area contributed by atoms with E-state index in [4.69, 9.17) is 0 Å². The number of hydrogen-bond donors (Lipinski definition) is 2. The van der Waals surface area contributed by atoms with Crippen molar-refractivity contribution in [1.82, 2.24) is 10.3 Å². The highest BCUT2D eigenvalue weighted by Gasteiger charge is 2.08. The van der Waals surface area contributed by atoms with Crippen molar-refractivity contribution >= 4 is 12.0 Å². The number of hydrogen-bond acceptors (Lipinski definition) is 3. The molecule has 2 rings (SSSR count). The van der Waals surface area contributed by atoms with E-state index in [1.807, 2.05) is 43.3 Å². The summed E-state index contributed by atoms with van der Waals surface area (Å²) < 4.78 is 0. The average Bonchev–Trinajstić information content (AvgIpc) is 2.55. The maximum absolute atomic E-state index is 11.7. The van der Waals surface area contributed by atoms with Gasteiger partial charge in [0.05, 0.1) is 6.10 Å². The normalized spacial score (nSPS) is 12.3. The van der Waals surface area contributed by atoms with Crippen molar-refractivity contribution in [3.8, 4) is 0 Å². The zero-order valence-electron chi connectivity index (χ0n) is 12.6. The number of amides is 1. The predicted molar refractivity (Wildman–Crippen MR) is 87.0 cm³/mol. The molecular formula is C18H20N2O2. The first kappa shape index (κ1) is 15.9. The van der Waals surface area contributed by atoms with Crippen molar-refractivity contribution in [3.63, 3.8) is 0 Å². The molecule has 0 radical (unpaired) electrons. The summed E-state index contributed by atoms with van der Waals surface area (Å²) in [6, 6.07) is 11.5. The molecule has 1 amide bonds. The first-order chi connectivity index (χ1) is 10.6. The van der Waals surface area contributed by atoms with Crippen LogP contribution in [0, 0.1) is 6.92 Å². The number of carbonyl (C=O) groups is 1. The number of aryl methyl sites for hydroxylation is 1. The first-order valence-corrected chi connectivity index (χ1v) is 7.23. The van der Waals surface area contributed by atoms with Crippen LogP contribution in [0.3, 0.4) is 0 Å². The number of carbonyl (C=O) groups excluding carboxylic acids is 1. The van der Waals surface area contributed by atoms with Gasteiger partial charge in [-0.15, -0.1) is 0 Å². The lowest BCUT2D eigenvalue weighted by atomic mass is 10.1. The summed E-state index contributed by atoms with van der Waals surface area (Å²) in [6.45, 7) is 2.23. The van der Waals surface area contributed by atoms with Crippen molar-refractivity contribution < 1.29 is 9.90 Å². The fourth-order valence-corrected chi connectivity index (χ4v) is 1.97. The Labute approximate surface area is 130 Å². The van der Waals surface area contributed by atoms with E-state index in [0.717, 1.165) is 11.1 Å². The summed E-state index contributed by atoms with van der Waals surface area (Å²) in [5.74, 6) is -0.114. The van der Waals surface area contributed by atoms with Crippen LogP contribution in [0.25, 0.3) is 6.08 Å². The number of aromatic nitrogens is 1. The molecule has 0 aliphatic rings. The Kier molecular flexibility index (Phi) is 5.86. The van der Waals surface area contributed by atoms with Gasteiger partial charge in [-0.25, -0.2) is 0 Å². The Morgan fingerprint density at radius 1 is 1.23 bits per heavy atom. The van der Waals surface area contributed by atoms with E-state index in [0.29, 0.717) is 0 Å². The first-order valence-electron chi connectivity index (χ1n) is 7.23. The summed E-state index contributed by atoms with van der Waals surface area (Å²) in [5, 5.41) is 12.7. The lowest BCUT2D eigenvalue weighted by molar-refractivity contribution is -0.120. The minimum Gasteiger partial charge on any atom is -0.387 e. The van der Waals surface area contributed by atoms with Gasteiger partial charge in [0.15, 0.2) is 0 Å². The number of rotatable bonds is 6. The molecule has 0 bridgehead atoms. The van der Waals surface area contributed by atoms with E-state index < -0.39 is 6.10 Å². The van der Waals surface area contributed by atoms with E-state index in [-0.39, 0.29) is 18.9 Å². The third kappa shape index (κ3) is 5.14. The molecule has 114 valence electrons. The summed E-state index contributed by atoms with van der Waals surface area (Å²) in [6.07, 6.45) is 6.54. The summed E-state index contributed by atoms with van der Waals surface area (Å²) >= 11 is 0. The van der Waals surface area contributed by atoms with Gasteiger partial charge >= 0.3 is 0 Å². The molecular weight excluding hydrogens is 276 g/mol. The maximum Gasteiger partial charge on any atom is 0.223 e. The van der Waals surface area contributed by atoms with E-state index in [2.05, 4.69) is 10.3 Å². The number of aliphatic hydroxyl groups is 1. The van der Waals surface area contributed by atoms with Gasteiger partial charge in [-0.3, -0.25) is 9.78 Å². The molecule has 1 aromatic heterocycles. The fourth-order valence-electron chi connectivity index (χ4n) is 1.97. The average molecular weight is 296 g/mol. The number of aliphatic hydroxyl groups excluding tert-OH is 1. The van der Waals surface area contributed by atoms with Crippen molar-refractivity contribution in [2.75, 3.05) is 6.54 Å². The monoisotopic (exact) mass is 296 g/mol. The maximum atomic E-state index is 11.7. The lowest BCUT2D eigenvalue weighted by Gasteiger charge is -2.11. The molecule has 2 aromatic rings. The Morgan fingerprint density at radius 2 is 1.91 bits per heavy atom. The molecule has 0 aliphatic carbocycles. The molecule has 1 aromatic carbocycles. The van der Waals surface area contributed by atoms with Gasteiger partial charge in [-0.1, -0.05) is 42.0 Å². The molecule has 1 atom stereocenters. The molecule has 4 nitrogen and oxygen atoms in total. The fraction of sp³-hybridized carbons (Fsp3) is 0.222. The van der Waals surface area contributed by atoms with Crippen LogP contribution in [-0.4, -0.2) is 22.5 Å². The molecule has 0 saturated carbocycles. The summed E-state index contributed by atoms with van der Waals surface area (Å²) in [7, 11) is 0. The Hall–Kier alpha value is -2.46. The van der Waals surface area contributed by atoms with Crippen LogP contribution >= 0.6 is 0 Å². The molecule has 4 heteroatoms. The largest absolute Gasteiger partial charge is 0.387 e. The molecule has 0 aliphatic heterocycles. The van der Waals surface area contributed by atoms with Gasteiger partial charge in [-0.2, -0.15) is 0 Å². The lowest BCUT2D eigenvalue weighted by Crippen LogP contribution is -2.27. The zero-order valence-corrected chi connectivity index (χ0v) is 12.6. The molecule has 22 heavy (non-hydrogen) atoms. The van der Waals surface area contributed by atoms with Crippen molar-refractivity contribution in [3.05, 3.63) is 71.6 Å². The van der Waals surface area contributed by atoms with Crippen LogP contribution in [-0.2, 0) is 4.79 Å². The Bertz CT molecular complexity index is 621. The quantitative estimate of drug-likeness (QED) is 0.861. The molecule has 0 fully saturated rings. The van der Waals surface area contributed by atoms with Crippen LogP contribution in [0.4, 0.5) is 0 Å². The van der Waals surface area contributed by atoms with Crippen LogP contribution in [0.15, 0.2) is 54.9 Å². The van der Waals surface area contributed by atoms with Crippen molar-refractivity contribution in [2.45, 2.75) is 19.4 Å². The zero-order chi connectivity index (χ0) is 15.8. The van der Waals surface area contributed by atoms with Crippen LogP contribution < -0.4 is 5.32 Å². The molecule has 1 unspecified atom stereocenters. The highest BCUT2D eigenvalue weighted by Crippen LogP contribution is 2.09. The second-order valence-electron chi connectivity index (χ2n) is 5.12. The van der Waals surface area contributed by atoms with Crippen LogP contribution in [0.1, 0.15) is 29.2 Å². The predicted octanol–water partition coefficient (Wildman–Crippen LogP) is 2.64. The minimum absolute atomic E-state index is 0.114. The Morgan fingerprint density at radius 3 is 2.59 bits per heavy atom. The minimum atomic E-state index is -0.715. The number of nitrogens with zero attached hydrogens (tertiary/aromatic N) is 1. The number of pyridine rings is 1. The molecule has 0 saturated heterocycles. The summed E-state index contributed by atoms with van der Waals surface area (Å²) in [4.78, 5) is 15.6. The standard InChI is InChI=1S/C18H20N2O2/c1-14-5-7-15(8-6-14)3-2-4-18(22)20-13-17(21)16-9-11-19-12-10-16/h2-3,5-12,17,21H,4,13H2,1H3,(H,20,22)/b3-2+. The second-order valence-corrected chi connectivity index (χ2v) is 5.12.